The highest BCUT2D eigenvalue weighted by Gasteiger charge is 2.09. The number of nitrogens with zero attached hydrogens (tertiary/aromatic N) is 2. The molecule has 0 saturated heterocycles. The molecule has 2 aromatic heterocycles. The van der Waals surface area contributed by atoms with E-state index in [1.165, 1.54) is 0 Å². The Morgan fingerprint density at radius 1 is 1.20 bits per heavy atom. The summed E-state index contributed by atoms with van der Waals surface area (Å²) >= 11 is 0. The molecular formula is C15H15N3O2. The number of fused-ring (bicyclic) bond motifs is 1. The van der Waals surface area contributed by atoms with Crippen molar-refractivity contribution in [3.05, 3.63) is 42.9 Å². The first-order chi connectivity index (χ1) is 9.88. The number of nitrogens with one attached hydrogen (secondary N) is 1. The maximum atomic E-state index is 5.10. The molecule has 0 fully saturated rings. The van der Waals surface area contributed by atoms with Gasteiger partial charge in [-0.2, -0.15) is 0 Å². The Bertz CT molecular complexity index is 695. The fourth-order valence-corrected chi connectivity index (χ4v) is 2.00. The number of hydrogen-bond donors (Lipinski definition) is 1. The summed E-state index contributed by atoms with van der Waals surface area (Å²) in [5.74, 6) is 1.46. The lowest BCUT2D eigenvalue weighted by molar-refractivity contribution is 0.210. The summed E-state index contributed by atoms with van der Waals surface area (Å²) in [6.07, 6.45) is 3.26. The van der Waals surface area contributed by atoms with Gasteiger partial charge in [0.25, 0.3) is 0 Å². The van der Waals surface area contributed by atoms with Gasteiger partial charge in [-0.25, -0.2) is 9.97 Å². The van der Waals surface area contributed by atoms with Crippen molar-refractivity contribution in [2.75, 3.05) is 25.6 Å². The molecule has 1 aromatic carbocycles. The van der Waals surface area contributed by atoms with E-state index in [0.717, 1.165) is 22.3 Å². The van der Waals surface area contributed by atoms with Crippen molar-refractivity contribution in [1.29, 1.82) is 0 Å². The van der Waals surface area contributed by atoms with Crippen molar-refractivity contribution in [3.8, 4) is 11.4 Å². The van der Waals surface area contributed by atoms with Gasteiger partial charge in [-0.1, -0.05) is 12.1 Å². The molecule has 0 unspecified atom stereocenters. The smallest absolute Gasteiger partial charge is 0.165 e. The summed E-state index contributed by atoms with van der Waals surface area (Å²) in [7, 11) is 1.68. The van der Waals surface area contributed by atoms with Gasteiger partial charge in [0.05, 0.1) is 24.0 Å². The van der Waals surface area contributed by atoms with Gasteiger partial charge in [0.1, 0.15) is 12.1 Å². The molecule has 0 aliphatic carbocycles. The molecule has 5 nitrogen and oxygen atoms in total. The summed E-state index contributed by atoms with van der Waals surface area (Å²) < 4.78 is 10.2. The minimum Gasteiger partial charge on any atom is -0.472 e. The molecule has 3 aromatic rings. The van der Waals surface area contributed by atoms with Gasteiger partial charge in [0, 0.05) is 19.0 Å². The predicted octanol–water partition coefficient (Wildman–Crippen LogP) is 2.95. The maximum absolute atomic E-state index is 5.10. The molecule has 20 heavy (non-hydrogen) atoms. The van der Waals surface area contributed by atoms with Crippen LogP contribution in [0.25, 0.3) is 22.3 Å². The van der Waals surface area contributed by atoms with Crippen LogP contribution in [0.2, 0.25) is 0 Å². The van der Waals surface area contributed by atoms with E-state index in [1.807, 2.05) is 30.3 Å². The number of benzene rings is 1. The van der Waals surface area contributed by atoms with Crippen molar-refractivity contribution in [1.82, 2.24) is 9.97 Å². The Balaban J connectivity index is 2.05. The van der Waals surface area contributed by atoms with Gasteiger partial charge in [0.2, 0.25) is 0 Å². The van der Waals surface area contributed by atoms with Crippen LogP contribution in [0.5, 0.6) is 0 Å². The molecule has 102 valence electrons. The lowest BCUT2D eigenvalue weighted by atomic mass is 10.2. The second-order valence-corrected chi connectivity index (χ2v) is 4.34. The quantitative estimate of drug-likeness (QED) is 0.722. The van der Waals surface area contributed by atoms with Crippen molar-refractivity contribution in [2.24, 2.45) is 0 Å². The zero-order chi connectivity index (χ0) is 13.8. The third-order valence-corrected chi connectivity index (χ3v) is 2.98. The van der Waals surface area contributed by atoms with Crippen LogP contribution < -0.4 is 5.32 Å². The van der Waals surface area contributed by atoms with Gasteiger partial charge in [-0.05, 0) is 18.2 Å². The molecule has 0 aliphatic rings. The van der Waals surface area contributed by atoms with E-state index in [0.29, 0.717) is 19.0 Å². The van der Waals surface area contributed by atoms with Gasteiger partial charge >= 0.3 is 0 Å². The first-order valence-corrected chi connectivity index (χ1v) is 6.40. The molecule has 3 rings (SSSR count). The summed E-state index contributed by atoms with van der Waals surface area (Å²) in [6, 6.07) is 9.77. The highest BCUT2D eigenvalue weighted by atomic mass is 16.5. The minimum absolute atomic E-state index is 0.624. The van der Waals surface area contributed by atoms with E-state index in [-0.39, 0.29) is 0 Å². The minimum atomic E-state index is 0.624. The van der Waals surface area contributed by atoms with E-state index in [1.54, 1.807) is 19.6 Å². The summed E-state index contributed by atoms with van der Waals surface area (Å²) in [6.45, 7) is 1.32. The second-order valence-electron chi connectivity index (χ2n) is 4.34. The van der Waals surface area contributed by atoms with Crippen molar-refractivity contribution < 1.29 is 9.15 Å². The van der Waals surface area contributed by atoms with E-state index < -0.39 is 0 Å². The summed E-state index contributed by atoms with van der Waals surface area (Å²) in [5, 5.41) is 4.28. The first-order valence-electron chi connectivity index (χ1n) is 6.40. The number of para-hydroxylation sites is 1. The van der Waals surface area contributed by atoms with Crippen LogP contribution in [0.4, 0.5) is 5.82 Å². The Morgan fingerprint density at radius 3 is 2.90 bits per heavy atom. The molecule has 2 heterocycles. The number of aromatic nitrogens is 2. The van der Waals surface area contributed by atoms with Crippen molar-refractivity contribution >= 4 is 16.7 Å². The van der Waals surface area contributed by atoms with Gasteiger partial charge in [0.15, 0.2) is 5.82 Å². The summed E-state index contributed by atoms with van der Waals surface area (Å²) in [4.78, 5) is 9.14. The highest BCUT2D eigenvalue weighted by Crippen LogP contribution is 2.24. The standard InChI is InChI=1S/C15H15N3O2/c1-19-9-7-16-15-12-4-2-3-5-13(12)17-14(18-15)11-6-8-20-10-11/h2-6,8,10H,7,9H2,1H3,(H,16,17,18). The summed E-state index contributed by atoms with van der Waals surface area (Å²) in [5.41, 5.74) is 1.77. The van der Waals surface area contributed by atoms with E-state index in [2.05, 4.69) is 15.3 Å². The SMILES string of the molecule is COCCNc1nc(-c2ccoc2)nc2ccccc12. The third-order valence-electron chi connectivity index (χ3n) is 2.98. The Hall–Kier alpha value is -2.40. The molecule has 0 bridgehead atoms. The molecular weight excluding hydrogens is 254 g/mol. The van der Waals surface area contributed by atoms with Crippen LogP contribution in [0.3, 0.4) is 0 Å². The molecule has 0 radical (unpaired) electrons. The normalized spacial score (nSPS) is 10.8. The van der Waals surface area contributed by atoms with Crippen molar-refractivity contribution in [2.45, 2.75) is 0 Å². The maximum Gasteiger partial charge on any atom is 0.165 e. The Kier molecular flexibility index (Phi) is 3.60. The van der Waals surface area contributed by atoms with Crippen LogP contribution in [0, 0.1) is 0 Å². The predicted molar refractivity (Wildman–Crippen MR) is 77.6 cm³/mol. The molecule has 0 spiro atoms. The van der Waals surface area contributed by atoms with E-state index in [4.69, 9.17) is 9.15 Å². The Morgan fingerprint density at radius 2 is 2.10 bits per heavy atom. The molecule has 1 N–H and O–H groups in total. The van der Waals surface area contributed by atoms with Crippen LogP contribution >= 0.6 is 0 Å². The monoisotopic (exact) mass is 269 g/mol. The first kappa shape index (κ1) is 12.6. The van der Waals surface area contributed by atoms with Crippen molar-refractivity contribution in [3.63, 3.8) is 0 Å². The number of methoxy groups -OCH3 is 1. The average Bonchev–Trinajstić information content (AvgIpc) is 3.01. The zero-order valence-corrected chi connectivity index (χ0v) is 11.2. The largest absolute Gasteiger partial charge is 0.472 e. The average molecular weight is 269 g/mol. The molecule has 0 amide bonds. The number of furan rings is 1. The van der Waals surface area contributed by atoms with E-state index >= 15 is 0 Å². The molecule has 5 heteroatoms. The molecule has 0 saturated carbocycles. The number of hydrogen-bond acceptors (Lipinski definition) is 5. The lowest BCUT2D eigenvalue weighted by Crippen LogP contribution is -2.10. The Labute approximate surface area is 116 Å². The molecule has 0 atom stereocenters. The van der Waals surface area contributed by atoms with Gasteiger partial charge < -0.3 is 14.5 Å². The topological polar surface area (TPSA) is 60.2 Å². The van der Waals surface area contributed by atoms with Crippen LogP contribution in [0.1, 0.15) is 0 Å². The fourth-order valence-electron chi connectivity index (χ4n) is 2.00. The van der Waals surface area contributed by atoms with E-state index in [9.17, 15) is 0 Å². The fraction of sp³-hybridized carbons (Fsp3) is 0.200. The second kappa shape index (κ2) is 5.71. The van der Waals surface area contributed by atoms with Crippen LogP contribution in [-0.4, -0.2) is 30.2 Å². The zero-order valence-electron chi connectivity index (χ0n) is 11.2. The third kappa shape index (κ3) is 2.48. The highest BCUT2D eigenvalue weighted by molar-refractivity contribution is 5.90. The number of anilines is 1. The number of rotatable bonds is 5. The van der Waals surface area contributed by atoms with Gasteiger partial charge in [-0.3, -0.25) is 0 Å². The van der Waals surface area contributed by atoms with Crippen LogP contribution in [-0.2, 0) is 4.74 Å². The molecule has 0 aliphatic heterocycles. The van der Waals surface area contributed by atoms with Gasteiger partial charge in [-0.15, -0.1) is 0 Å². The van der Waals surface area contributed by atoms with Crippen LogP contribution in [0.15, 0.2) is 47.3 Å². The number of ether oxygens (including phenoxy) is 1. The lowest BCUT2D eigenvalue weighted by Gasteiger charge is -2.09.